The van der Waals surface area contributed by atoms with Crippen LogP contribution >= 0.6 is 0 Å². The van der Waals surface area contributed by atoms with Crippen LogP contribution in [0.1, 0.15) is 37.1 Å². The summed E-state index contributed by atoms with van der Waals surface area (Å²) in [5, 5.41) is 6.42. The second-order valence-corrected chi connectivity index (χ2v) is 5.34. The summed E-state index contributed by atoms with van der Waals surface area (Å²) in [5.41, 5.74) is 1.33. The van der Waals surface area contributed by atoms with Gasteiger partial charge in [0, 0.05) is 29.8 Å². The number of benzene rings is 1. The molecule has 4 nitrogen and oxygen atoms in total. The van der Waals surface area contributed by atoms with Gasteiger partial charge in [-0.25, -0.2) is 14.4 Å². The fraction of sp³-hybridized carbons (Fsp3) is 0.375. The maximum atomic E-state index is 13.6. The molecule has 1 heterocycles. The molecule has 5 heteroatoms. The molecule has 0 atom stereocenters. The Hall–Kier alpha value is -2.17. The first kappa shape index (κ1) is 13.8. The van der Waals surface area contributed by atoms with Crippen molar-refractivity contribution in [2.75, 3.05) is 17.2 Å². The van der Waals surface area contributed by atoms with Crippen molar-refractivity contribution in [2.24, 2.45) is 0 Å². The number of anilines is 3. The van der Waals surface area contributed by atoms with Crippen molar-refractivity contribution < 1.29 is 4.39 Å². The van der Waals surface area contributed by atoms with Gasteiger partial charge in [-0.1, -0.05) is 6.07 Å². The number of halogens is 1. The van der Waals surface area contributed by atoms with Crippen LogP contribution in [0.5, 0.6) is 0 Å². The maximum Gasteiger partial charge on any atom is 0.136 e. The summed E-state index contributed by atoms with van der Waals surface area (Å²) in [6, 6.07) is 6.86. The molecule has 0 aliphatic heterocycles. The minimum Gasteiger partial charge on any atom is -0.370 e. The molecule has 0 bridgehead atoms. The smallest absolute Gasteiger partial charge is 0.136 e. The van der Waals surface area contributed by atoms with Crippen molar-refractivity contribution >= 4 is 17.3 Å². The van der Waals surface area contributed by atoms with E-state index in [2.05, 4.69) is 20.6 Å². The number of aromatic nitrogens is 2. The van der Waals surface area contributed by atoms with E-state index in [0.717, 1.165) is 36.7 Å². The third-order valence-corrected chi connectivity index (χ3v) is 3.57. The average Bonchev–Trinajstić information content (AvgIpc) is 3.29. The van der Waals surface area contributed by atoms with Gasteiger partial charge in [0.05, 0.1) is 0 Å². The van der Waals surface area contributed by atoms with Gasteiger partial charge < -0.3 is 10.6 Å². The van der Waals surface area contributed by atoms with Crippen molar-refractivity contribution in [2.45, 2.75) is 32.6 Å². The zero-order chi connectivity index (χ0) is 14.8. The van der Waals surface area contributed by atoms with Gasteiger partial charge in [0.25, 0.3) is 0 Å². The van der Waals surface area contributed by atoms with E-state index in [4.69, 9.17) is 0 Å². The Labute approximate surface area is 123 Å². The Balaban J connectivity index is 1.91. The molecule has 3 rings (SSSR count). The molecule has 0 unspecified atom stereocenters. The Morgan fingerprint density at radius 2 is 2.00 bits per heavy atom. The van der Waals surface area contributed by atoms with E-state index >= 15 is 0 Å². The molecule has 1 aromatic heterocycles. The predicted octanol–water partition coefficient (Wildman–Crippen LogP) is 3.98. The summed E-state index contributed by atoms with van der Waals surface area (Å²) in [7, 11) is 0. The maximum absolute atomic E-state index is 13.6. The van der Waals surface area contributed by atoms with Gasteiger partial charge in [0.2, 0.25) is 0 Å². The molecular formula is C16H19FN4. The first-order valence-electron chi connectivity index (χ1n) is 7.32. The van der Waals surface area contributed by atoms with Crippen LogP contribution in [0.2, 0.25) is 0 Å². The fourth-order valence-corrected chi connectivity index (χ4v) is 2.21. The van der Waals surface area contributed by atoms with Crippen LogP contribution in [0.4, 0.5) is 21.7 Å². The lowest BCUT2D eigenvalue weighted by Crippen LogP contribution is -2.06. The van der Waals surface area contributed by atoms with Crippen molar-refractivity contribution in [3.8, 4) is 0 Å². The normalized spacial score (nSPS) is 14.0. The lowest BCUT2D eigenvalue weighted by molar-refractivity contribution is 0.619. The van der Waals surface area contributed by atoms with Gasteiger partial charge in [0.15, 0.2) is 0 Å². The molecule has 1 aromatic carbocycles. The van der Waals surface area contributed by atoms with Crippen LogP contribution in [-0.4, -0.2) is 16.5 Å². The molecule has 21 heavy (non-hydrogen) atoms. The van der Waals surface area contributed by atoms with Crippen molar-refractivity contribution in [3.63, 3.8) is 0 Å². The second kappa shape index (κ2) is 5.68. The SMILES string of the molecule is CCNc1cc(Nc2cccc(F)c2C)nc(C2CC2)n1. The van der Waals surface area contributed by atoms with Crippen LogP contribution < -0.4 is 10.6 Å². The highest BCUT2D eigenvalue weighted by atomic mass is 19.1. The first-order chi connectivity index (χ1) is 10.2. The van der Waals surface area contributed by atoms with Gasteiger partial charge in [0.1, 0.15) is 23.3 Å². The van der Waals surface area contributed by atoms with Gasteiger partial charge in [-0.15, -0.1) is 0 Å². The van der Waals surface area contributed by atoms with Gasteiger partial charge >= 0.3 is 0 Å². The van der Waals surface area contributed by atoms with Crippen molar-refractivity contribution in [3.05, 3.63) is 41.5 Å². The molecule has 110 valence electrons. The highest BCUT2D eigenvalue weighted by Gasteiger charge is 2.27. The summed E-state index contributed by atoms with van der Waals surface area (Å²) in [5.74, 6) is 2.63. The molecule has 2 N–H and O–H groups in total. The molecule has 0 saturated heterocycles. The van der Waals surface area contributed by atoms with E-state index in [-0.39, 0.29) is 5.82 Å². The lowest BCUT2D eigenvalue weighted by Gasteiger charge is -2.12. The minimum atomic E-state index is -0.219. The van der Waals surface area contributed by atoms with Crippen molar-refractivity contribution in [1.82, 2.24) is 9.97 Å². The van der Waals surface area contributed by atoms with Crippen LogP contribution in [-0.2, 0) is 0 Å². The topological polar surface area (TPSA) is 49.8 Å². The highest BCUT2D eigenvalue weighted by Crippen LogP contribution is 2.39. The molecule has 2 aromatic rings. The van der Waals surface area contributed by atoms with Crippen LogP contribution in [0.3, 0.4) is 0 Å². The summed E-state index contributed by atoms with van der Waals surface area (Å²) in [4.78, 5) is 9.09. The highest BCUT2D eigenvalue weighted by molar-refractivity contribution is 5.62. The molecule has 0 radical (unpaired) electrons. The minimum absolute atomic E-state index is 0.219. The molecule has 0 amide bonds. The van der Waals surface area contributed by atoms with E-state index in [1.54, 1.807) is 13.0 Å². The van der Waals surface area contributed by atoms with Gasteiger partial charge in [-0.2, -0.15) is 0 Å². The Bertz CT molecular complexity index is 653. The Morgan fingerprint density at radius 1 is 1.24 bits per heavy atom. The Kier molecular flexibility index (Phi) is 3.73. The van der Waals surface area contributed by atoms with Gasteiger partial charge in [-0.05, 0) is 38.8 Å². The van der Waals surface area contributed by atoms with E-state index in [1.807, 2.05) is 19.1 Å². The average molecular weight is 286 g/mol. The number of hydrogen-bond donors (Lipinski definition) is 2. The number of nitrogens with one attached hydrogen (secondary N) is 2. The van der Waals surface area contributed by atoms with Crippen LogP contribution in [0, 0.1) is 12.7 Å². The summed E-state index contributed by atoms with van der Waals surface area (Å²) in [6.45, 7) is 4.59. The quantitative estimate of drug-likeness (QED) is 0.873. The largest absolute Gasteiger partial charge is 0.370 e. The molecular weight excluding hydrogens is 267 g/mol. The van der Waals surface area contributed by atoms with Gasteiger partial charge in [-0.3, -0.25) is 0 Å². The first-order valence-corrected chi connectivity index (χ1v) is 7.32. The molecule has 1 saturated carbocycles. The zero-order valence-corrected chi connectivity index (χ0v) is 12.3. The summed E-state index contributed by atoms with van der Waals surface area (Å²) >= 11 is 0. The predicted molar refractivity (Wildman–Crippen MR) is 82.6 cm³/mol. The summed E-state index contributed by atoms with van der Waals surface area (Å²) in [6.07, 6.45) is 2.29. The third kappa shape index (κ3) is 3.12. The fourth-order valence-electron chi connectivity index (χ4n) is 2.21. The van der Waals surface area contributed by atoms with Crippen molar-refractivity contribution in [1.29, 1.82) is 0 Å². The molecule has 1 aliphatic rings. The van der Waals surface area contributed by atoms with E-state index < -0.39 is 0 Å². The second-order valence-electron chi connectivity index (χ2n) is 5.34. The molecule has 1 aliphatic carbocycles. The molecule has 0 spiro atoms. The Morgan fingerprint density at radius 3 is 2.71 bits per heavy atom. The number of rotatable bonds is 5. The third-order valence-electron chi connectivity index (χ3n) is 3.57. The summed E-state index contributed by atoms with van der Waals surface area (Å²) < 4.78 is 13.6. The standard InChI is InChI=1S/C16H19FN4/c1-3-18-14-9-15(21-16(20-14)11-7-8-11)19-13-6-4-5-12(17)10(13)2/h4-6,9,11H,3,7-8H2,1-2H3,(H2,18,19,20,21). The van der Waals surface area contributed by atoms with E-state index in [9.17, 15) is 4.39 Å². The monoisotopic (exact) mass is 286 g/mol. The number of nitrogens with zero attached hydrogens (tertiary/aromatic N) is 2. The number of hydrogen-bond acceptors (Lipinski definition) is 4. The van der Waals surface area contributed by atoms with Crippen LogP contribution in [0.25, 0.3) is 0 Å². The van der Waals surface area contributed by atoms with E-state index in [0.29, 0.717) is 17.3 Å². The van der Waals surface area contributed by atoms with E-state index in [1.165, 1.54) is 6.07 Å². The molecule has 1 fully saturated rings. The zero-order valence-electron chi connectivity index (χ0n) is 12.3. The lowest BCUT2D eigenvalue weighted by atomic mass is 10.2. The van der Waals surface area contributed by atoms with Crippen LogP contribution in [0.15, 0.2) is 24.3 Å².